The second-order valence-corrected chi connectivity index (χ2v) is 21.5. The van der Waals surface area contributed by atoms with Gasteiger partial charge in [-0.25, -0.2) is 0 Å². The molecular weight excluding hydrogens is 967 g/mol. The Bertz CT molecular complexity index is 1510. The number of rotatable bonds is 48. The highest BCUT2D eigenvalue weighted by Gasteiger charge is 2.51. The van der Waals surface area contributed by atoms with Gasteiger partial charge in [-0.1, -0.05) is 209 Å². The SMILES string of the molecule is CCCCC/C=C\C/C=C\CCCCCCCC(=O)NC(COC1OC(CO)C(OC2OC(CO)C(O)C(O)C2O)C(O)C1O)C(O)/C=C/CC/C=C/CC/C=C/CCCCCCCCCCCCCCCCCCC. The van der Waals surface area contributed by atoms with Crippen LogP contribution in [-0.2, 0) is 23.7 Å². The fourth-order valence-electron chi connectivity index (χ4n) is 9.71. The van der Waals surface area contributed by atoms with Gasteiger partial charge in [0.05, 0.1) is 32.0 Å². The molecule has 0 aromatic heterocycles. The molecule has 9 N–H and O–H groups in total. The number of carbonyl (C=O) groups excluding carboxylic acids is 1. The Balaban J connectivity index is 1.77. The topological polar surface area (TPSA) is 228 Å². The maximum absolute atomic E-state index is 13.2. The van der Waals surface area contributed by atoms with E-state index in [1.165, 1.54) is 128 Å². The van der Waals surface area contributed by atoms with Crippen molar-refractivity contribution in [2.24, 2.45) is 0 Å². The maximum Gasteiger partial charge on any atom is 0.220 e. The van der Waals surface area contributed by atoms with Crippen LogP contribution in [0, 0.1) is 0 Å². The van der Waals surface area contributed by atoms with Crippen LogP contribution < -0.4 is 5.32 Å². The molecular formula is C62H111NO13. The smallest absolute Gasteiger partial charge is 0.220 e. The summed E-state index contributed by atoms with van der Waals surface area (Å²) in [6.45, 7) is 2.74. The zero-order valence-corrected chi connectivity index (χ0v) is 47.5. The molecule has 2 saturated heterocycles. The number of hydrogen-bond donors (Lipinski definition) is 9. The number of hydrogen-bond acceptors (Lipinski definition) is 13. The zero-order chi connectivity index (χ0) is 55.3. The minimum absolute atomic E-state index is 0.252. The van der Waals surface area contributed by atoms with E-state index < -0.39 is 86.8 Å². The summed E-state index contributed by atoms with van der Waals surface area (Å²) in [5, 5.41) is 87.0. The van der Waals surface area contributed by atoms with Gasteiger partial charge in [-0.2, -0.15) is 0 Å². The summed E-state index contributed by atoms with van der Waals surface area (Å²) in [5.41, 5.74) is 0. The lowest BCUT2D eigenvalue weighted by Gasteiger charge is -2.46. The molecule has 0 saturated carbocycles. The Morgan fingerprint density at radius 3 is 1.39 bits per heavy atom. The van der Waals surface area contributed by atoms with Crippen LogP contribution in [-0.4, -0.2) is 140 Å². The summed E-state index contributed by atoms with van der Waals surface area (Å²) in [7, 11) is 0. The van der Waals surface area contributed by atoms with Crippen molar-refractivity contribution in [2.75, 3.05) is 19.8 Å². The number of aliphatic hydroxyl groups is 8. The van der Waals surface area contributed by atoms with Crippen LogP contribution in [0.25, 0.3) is 0 Å². The van der Waals surface area contributed by atoms with Gasteiger partial charge >= 0.3 is 0 Å². The predicted molar refractivity (Wildman–Crippen MR) is 304 cm³/mol. The Morgan fingerprint density at radius 2 is 0.882 bits per heavy atom. The van der Waals surface area contributed by atoms with Crippen LogP contribution in [0.5, 0.6) is 0 Å². The summed E-state index contributed by atoms with van der Waals surface area (Å²) in [6.07, 6.45) is 44.2. The fraction of sp³-hybridized carbons (Fsp3) is 0.823. The second-order valence-electron chi connectivity index (χ2n) is 21.5. The molecule has 2 aliphatic rings. The largest absolute Gasteiger partial charge is 0.394 e. The standard InChI is InChI=1S/C62H111NO13/c1-3-5-7-9-11-13-15-17-19-20-21-22-23-24-25-26-27-28-29-30-32-33-35-37-39-41-43-45-51(66)50(63-54(67)46-44-42-40-38-36-34-31-18-16-14-12-10-8-6-4-2)49-73-61-59(72)57(70)60(53(48-65)75-61)76-62-58(71)56(69)55(68)52(47-64)74-62/h12,14,18,29-31,35,37,43,45,50-53,55-62,64-66,68-72H,3-11,13,15-17,19-28,32-34,36,38-42,44,46-49H2,1-2H3,(H,63,67)/b14-12-,30-29+,31-18-,37-35+,45-43+. The van der Waals surface area contributed by atoms with Crippen molar-refractivity contribution >= 4 is 5.91 Å². The quantitative estimate of drug-likeness (QED) is 0.0204. The van der Waals surface area contributed by atoms with Crippen molar-refractivity contribution in [1.29, 1.82) is 0 Å². The van der Waals surface area contributed by atoms with Gasteiger partial charge in [0.2, 0.25) is 5.91 Å². The first-order valence-electron chi connectivity index (χ1n) is 30.5. The van der Waals surface area contributed by atoms with E-state index in [9.17, 15) is 45.6 Å². The average Bonchev–Trinajstić information content (AvgIpc) is 3.42. The molecule has 14 heteroatoms. The number of nitrogens with one attached hydrogen (secondary N) is 1. The Labute approximate surface area is 460 Å². The monoisotopic (exact) mass is 1080 g/mol. The average molecular weight is 1080 g/mol. The Hall–Kier alpha value is -2.31. The number of ether oxygens (including phenoxy) is 4. The third kappa shape index (κ3) is 32.7. The van der Waals surface area contributed by atoms with Crippen molar-refractivity contribution < 1.29 is 64.6 Å². The van der Waals surface area contributed by atoms with Crippen molar-refractivity contribution in [1.82, 2.24) is 5.32 Å². The highest BCUT2D eigenvalue weighted by Crippen LogP contribution is 2.30. The Morgan fingerprint density at radius 1 is 0.474 bits per heavy atom. The van der Waals surface area contributed by atoms with Gasteiger partial charge in [0, 0.05) is 6.42 Å². The number of amides is 1. The minimum atomic E-state index is -1.80. The lowest BCUT2D eigenvalue weighted by molar-refractivity contribution is -0.359. The lowest BCUT2D eigenvalue weighted by Crippen LogP contribution is -2.65. The molecule has 0 aromatic rings. The molecule has 76 heavy (non-hydrogen) atoms. The third-order valence-corrected chi connectivity index (χ3v) is 14.7. The molecule has 14 nitrogen and oxygen atoms in total. The molecule has 1 amide bonds. The number of aliphatic hydroxyl groups excluding tert-OH is 8. The van der Waals surface area contributed by atoms with Crippen LogP contribution >= 0.6 is 0 Å². The molecule has 0 radical (unpaired) electrons. The lowest BCUT2D eigenvalue weighted by atomic mass is 9.97. The molecule has 0 aliphatic carbocycles. The first-order chi connectivity index (χ1) is 37.1. The minimum Gasteiger partial charge on any atom is -0.394 e. The molecule has 2 heterocycles. The van der Waals surface area contributed by atoms with Gasteiger partial charge in [0.25, 0.3) is 0 Å². The van der Waals surface area contributed by atoms with E-state index in [-0.39, 0.29) is 18.9 Å². The van der Waals surface area contributed by atoms with Gasteiger partial charge in [0.15, 0.2) is 12.6 Å². The number of carbonyl (C=O) groups is 1. The Kier molecular flexibility index (Phi) is 43.6. The highest BCUT2D eigenvalue weighted by atomic mass is 16.7. The van der Waals surface area contributed by atoms with Crippen molar-refractivity contribution in [3.63, 3.8) is 0 Å². The molecule has 0 spiro atoms. The summed E-state index contributed by atoms with van der Waals surface area (Å²) in [4.78, 5) is 13.2. The van der Waals surface area contributed by atoms with Gasteiger partial charge in [-0.05, 0) is 77.0 Å². The van der Waals surface area contributed by atoms with Crippen molar-refractivity contribution in [3.05, 3.63) is 60.8 Å². The number of allylic oxidation sites excluding steroid dienone is 9. The third-order valence-electron chi connectivity index (χ3n) is 14.7. The first kappa shape index (κ1) is 69.8. The van der Waals surface area contributed by atoms with E-state index in [1.807, 2.05) is 6.08 Å². The van der Waals surface area contributed by atoms with Crippen LogP contribution in [0.15, 0.2) is 60.8 Å². The van der Waals surface area contributed by atoms with Crippen LogP contribution in [0.4, 0.5) is 0 Å². The van der Waals surface area contributed by atoms with Gasteiger partial charge in [-0.15, -0.1) is 0 Å². The fourth-order valence-corrected chi connectivity index (χ4v) is 9.71. The van der Waals surface area contributed by atoms with E-state index in [0.29, 0.717) is 12.8 Å². The first-order valence-corrected chi connectivity index (χ1v) is 30.5. The van der Waals surface area contributed by atoms with E-state index in [2.05, 4.69) is 67.8 Å². The van der Waals surface area contributed by atoms with Gasteiger partial charge in [0.1, 0.15) is 48.8 Å². The predicted octanol–water partition coefficient (Wildman–Crippen LogP) is 10.6. The van der Waals surface area contributed by atoms with Crippen molar-refractivity contribution in [2.45, 2.75) is 306 Å². The summed E-state index contributed by atoms with van der Waals surface area (Å²) in [5.74, 6) is -0.268. The highest BCUT2D eigenvalue weighted by molar-refractivity contribution is 5.76. The van der Waals surface area contributed by atoms with Crippen LogP contribution in [0.2, 0.25) is 0 Å². The van der Waals surface area contributed by atoms with Gasteiger partial charge < -0.3 is 65.1 Å². The summed E-state index contributed by atoms with van der Waals surface area (Å²) >= 11 is 0. The van der Waals surface area contributed by atoms with E-state index in [1.54, 1.807) is 6.08 Å². The molecule has 12 atom stereocenters. The second kappa shape index (κ2) is 47.5. The molecule has 12 unspecified atom stereocenters. The maximum atomic E-state index is 13.2. The summed E-state index contributed by atoms with van der Waals surface area (Å²) in [6, 6.07) is -0.947. The zero-order valence-electron chi connectivity index (χ0n) is 47.5. The molecule has 0 bridgehead atoms. The van der Waals surface area contributed by atoms with Gasteiger partial charge in [-0.3, -0.25) is 4.79 Å². The number of unbranched alkanes of at least 4 members (excludes halogenated alkanes) is 27. The van der Waals surface area contributed by atoms with E-state index >= 15 is 0 Å². The van der Waals surface area contributed by atoms with Crippen LogP contribution in [0.1, 0.15) is 232 Å². The van der Waals surface area contributed by atoms with E-state index in [4.69, 9.17) is 18.9 Å². The van der Waals surface area contributed by atoms with Crippen molar-refractivity contribution in [3.8, 4) is 0 Å². The summed E-state index contributed by atoms with van der Waals surface area (Å²) < 4.78 is 22.7. The van der Waals surface area contributed by atoms with E-state index in [0.717, 1.165) is 70.6 Å². The molecule has 2 fully saturated rings. The normalized spacial score (nSPS) is 25.3. The molecule has 2 rings (SSSR count). The molecule has 0 aromatic carbocycles. The molecule has 442 valence electrons. The molecule has 2 aliphatic heterocycles. The van der Waals surface area contributed by atoms with Crippen LogP contribution in [0.3, 0.4) is 0 Å².